The lowest BCUT2D eigenvalue weighted by Gasteiger charge is -2.24. The minimum Gasteiger partial charge on any atom is -0.0785 e. The monoisotopic (exact) mass is 278 g/mol. The molecule has 0 nitrogen and oxygen atoms in total. The molecule has 0 heterocycles. The second-order valence-electron chi connectivity index (χ2n) is 3.61. The van der Waals surface area contributed by atoms with Gasteiger partial charge in [-0.05, 0) is 55.7 Å². The molecular formula is C9H12Br2. The van der Waals surface area contributed by atoms with Crippen molar-refractivity contribution in [2.24, 2.45) is 5.41 Å². The third-order valence-electron chi connectivity index (χ3n) is 2.02. The molecule has 0 amide bonds. The average Bonchev–Trinajstić information content (AvgIpc) is 1.86. The van der Waals surface area contributed by atoms with Crippen LogP contribution in [-0.2, 0) is 0 Å². The minimum absolute atomic E-state index is 0.388. The third-order valence-corrected chi connectivity index (χ3v) is 3.04. The summed E-state index contributed by atoms with van der Waals surface area (Å²) in [5.41, 5.74) is 1.75. The Bertz CT molecular complexity index is 208. The van der Waals surface area contributed by atoms with Crippen LogP contribution in [0.25, 0.3) is 0 Å². The summed E-state index contributed by atoms with van der Waals surface area (Å²) < 4.78 is 1.09. The van der Waals surface area contributed by atoms with Gasteiger partial charge < -0.3 is 0 Å². The van der Waals surface area contributed by atoms with Crippen LogP contribution in [0.3, 0.4) is 0 Å². The van der Waals surface area contributed by atoms with Crippen LogP contribution in [0.15, 0.2) is 21.1 Å². The van der Waals surface area contributed by atoms with Gasteiger partial charge in [0.15, 0.2) is 0 Å². The normalized spacial score (nSPS) is 22.0. The summed E-state index contributed by atoms with van der Waals surface area (Å²) in [4.78, 5) is 0. The fourth-order valence-corrected chi connectivity index (χ4v) is 1.77. The van der Waals surface area contributed by atoms with E-state index in [2.05, 4.69) is 57.9 Å². The van der Waals surface area contributed by atoms with Crippen molar-refractivity contribution >= 4 is 31.9 Å². The highest BCUT2D eigenvalue weighted by Crippen LogP contribution is 2.35. The summed E-state index contributed by atoms with van der Waals surface area (Å²) in [5.74, 6) is 0. The molecule has 2 heteroatoms. The Kier molecular flexibility index (Phi) is 2.98. The molecule has 0 saturated heterocycles. The van der Waals surface area contributed by atoms with Crippen molar-refractivity contribution < 1.29 is 0 Å². The van der Waals surface area contributed by atoms with Crippen molar-refractivity contribution in [3.05, 3.63) is 21.1 Å². The summed E-state index contributed by atoms with van der Waals surface area (Å²) in [6.07, 6.45) is 6.87. The lowest BCUT2D eigenvalue weighted by Crippen LogP contribution is -2.11. The first-order valence-corrected chi connectivity index (χ1v) is 5.33. The fourth-order valence-electron chi connectivity index (χ4n) is 1.11. The van der Waals surface area contributed by atoms with E-state index in [1.807, 2.05) is 0 Å². The lowest BCUT2D eigenvalue weighted by molar-refractivity contribution is 0.428. The van der Waals surface area contributed by atoms with Crippen molar-refractivity contribution in [2.45, 2.75) is 26.7 Å². The van der Waals surface area contributed by atoms with Gasteiger partial charge in [0, 0.05) is 0 Å². The molecule has 0 N–H and O–H groups in total. The maximum Gasteiger partial charge on any atom is 0.0635 e. The van der Waals surface area contributed by atoms with Gasteiger partial charge in [-0.25, -0.2) is 0 Å². The summed E-state index contributed by atoms with van der Waals surface area (Å²) >= 11 is 6.84. The number of rotatable bonds is 0. The molecule has 0 aromatic rings. The van der Waals surface area contributed by atoms with E-state index in [4.69, 9.17) is 0 Å². The maximum atomic E-state index is 3.42. The molecule has 0 radical (unpaired) electrons. The fraction of sp³-hybridized carbons (Fsp3) is 0.556. The molecule has 0 aromatic carbocycles. The van der Waals surface area contributed by atoms with Gasteiger partial charge in [0.1, 0.15) is 0 Å². The van der Waals surface area contributed by atoms with Crippen LogP contribution in [0, 0.1) is 5.41 Å². The zero-order valence-electron chi connectivity index (χ0n) is 6.82. The van der Waals surface area contributed by atoms with Gasteiger partial charge in [-0.15, -0.1) is 0 Å². The van der Waals surface area contributed by atoms with E-state index in [1.54, 1.807) is 0 Å². The van der Waals surface area contributed by atoms with Crippen LogP contribution < -0.4 is 0 Å². The van der Waals surface area contributed by atoms with Gasteiger partial charge in [-0.3, -0.25) is 0 Å². The molecular weight excluding hydrogens is 268 g/mol. The average molecular weight is 280 g/mol. The number of hydrogen-bond acceptors (Lipinski definition) is 0. The van der Waals surface area contributed by atoms with Gasteiger partial charge >= 0.3 is 0 Å². The third kappa shape index (κ3) is 2.75. The Morgan fingerprint density at radius 3 is 2.45 bits per heavy atom. The Hall–Kier alpha value is 0.440. The largest absolute Gasteiger partial charge is 0.0785 e. The van der Waals surface area contributed by atoms with Crippen LogP contribution >= 0.6 is 31.9 Å². The quantitative estimate of drug-likeness (QED) is 0.618. The standard InChI is InChI=1S/C9H12Br2/c1-9(2)5-3-7(4-6-9)8(10)11/h3,5H,4,6H2,1-2H3. The minimum atomic E-state index is 0.388. The molecule has 0 unspecified atom stereocenters. The van der Waals surface area contributed by atoms with Gasteiger partial charge in [0.2, 0.25) is 0 Å². The highest BCUT2D eigenvalue weighted by Gasteiger charge is 2.18. The zero-order chi connectivity index (χ0) is 8.48. The van der Waals surface area contributed by atoms with Crippen LogP contribution in [-0.4, -0.2) is 0 Å². The van der Waals surface area contributed by atoms with E-state index >= 15 is 0 Å². The predicted octanol–water partition coefficient (Wildman–Crippen LogP) is 4.36. The van der Waals surface area contributed by atoms with Gasteiger partial charge in [-0.2, -0.15) is 0 Å². The molecule has 0 spiro atoms. The Morgan fingerprint density at radius 1 is 1.45 bits per heavy atom. The van der Waals surface area contributed by atoms with E-state index in [0.717, 1.165) is 9.81 Å². The maximum absolute atomic E-state index is 3.42. The molecule has 62 valence electrons. The van der Waals surface area contributed by atoms with Gasteiger partial charge in [-0.1, -0.05) is 26.0 Å². The van der Waals surface area contributed by atoms with Crippen molar-refractivity contribution in [1.29, 1.82) is 0 Å². The van der Waals surface area contributed by atoms with E-state index in [0.29, 0.717) is 5.41 Å². The lowest BCUT2D eigenvalue weighted by atomic mass is 9.82. The second-order valence-corrected chi connectivity index (χ2v) is 6.26. The molecule has 11 heavy (non-hydrogen) atoms. The van der Waals surface area contributed by atoms with Crippen LogP contribution in [0.1, 0.15) is 26.7 Å². The van der Waals surface area contributed by atoms with Crippen molar-refractivity contribution in [3.63, 3.8) is 0 Å². The van der Waals surface area contributed by atoms with Crippen LogP contribution in [0.2, 0.25) is 0 Å². The van der Waals surface area contributed by atoms with E-state index in [-0.39, 0.29) is 0 Å². The highest BCUT2D eigenvalue weighted by atomic mass is 79.9. The first-order chi connectivity index (χ1) is 5.01. The van der Waals surface area contributed by atoms with Crippen molar-refractivity contribution in [1.82, 2.24) is 0 Å². The smallest absolute Gasteiger partial charge is 0.0635 e. The topological polar surface area (TPSA) is 0 Å². The molecule has 0 bridgehead atoms. The molecule has 0 saturated carbocycles. The summed E-state index contributed by atoms with van der Waals surface area (Å²) in [7, 11) is 0. The SMILES string of the molecule is CC1(C)C=CC(=C(Br)Br)CC1. The van der Waals surface area contributed by atoms with E-state index < -0.39 is 0 Å². The van der Waals surface area contributed by atoms with Crippen LogP contribution in [0.5, 0.6) is 0 Å². The van der Waals surface area contributed by atoms with E-state index in [9.17, 15) is 0 Å². The molecule has 1 rings (SSSR count). The second kappa shape index (κ2) is 3.44. The first-order valence-electron chi connectivity index (χ1n) is 3.75. The molecule has 0 aliphatic heterocycles. The molecule has 0 aromatic heterocycles. The molecule has 0 atom stereocenters. The summed E-state index contributed by atoms with van der Waals surface area (Å²) in [5, 5.41) is 0. The Balaban J connectivity index is 2.80. The van der Waals surface area contributed by atoms with Gasteiger partial charge in [0.05, 0.1) is 3.39 Å². The van der Waals surface area contributed by atoms with E-state index in [1.165, 1.54) is 12.0 Å². The summed E-state index contributed by atoms with van der Waals surface area (Å²) in [6, 6.07) is 0. The molecule has 1 aliphatic carbocycles. The number of halogens is 2. The molecule has 1 aliphatic rings. The predicted molar refractivity (Wildman–Crippen MR) is 57.0 cm³/mol. The highest BCUT2D eigenvalue weighted by molar-refractivity contribution is 9.28. The zero-order valence-corrected chi connectivity index (χ0v) is 10.00. The Morgan fingerprint density at radius 2 is 2.09 bits per heavy atom. The van der Waals surface area contributed by atoms with Crippen molar-refractivity contribution in [3.8, 4) is 0 Å². The van der Waals surface area contributed by atoms with Crippen LogP contribution in [0.4, 0.5) is 0 Å². The van der Waals surface area contributed by atoms with Crippen molar-refractivity contribution in [2.75, 3.05) is 0 Å². The first kappa shape index (κ1) is 9.53. The van der Waals surface area contributed by atoms with Gasteiger partial charge in [0.25, 0.3) is 0 Å². The summed E-state index contributed by atoms with van der Waals surface area (Å²) in [6.45, 7) is 4.53. The number of hydrogen-bond donors (Lipinski definition) is 0. The Labute approximate surface area is 85.0 Å². The number of allylic oxidation sites excluding steroid dienone is 3. The molecule has 0 fully saturated rings.